The van der Waals surface area contributed by atoms with E-state index in [1.54, 1.807) is 6.92 Å². The first kappa shape index (κ1) is 16.7. The van der Waals surface area contributed by atoms with E-state index < -0.39 is 11.9 Å². The van der Waals surface area contributed by atoms with E-state index in [1.165, 1.54) is 23.1 Å². The van der Waals surface area contributed by atoms with E-state index in [0.717, 1.165) is 0 Å². The summed E-state index contributed by atoms with van der Waals surface area (Å²) >= 11 is 5.63. The van der Waals surface area contributed by atoms with Crippen LogP contribution in [0.3, 0.4) is 0 Å². The molecule has 0 aliphatic carbocycles. The SMILES string of the molecule is CC(O)CN(C(=O)COc1ccc(F)c(Cl)c1)C(C)C. The van der Waals surface area contributed by atoms with Gasteiger partial charge in [0.1, 0.15) is 11.6 Å². The number of halogens is 2. The Hall–Kier alpha value is -1.33. The van der Waals surface area contributed by atoms with Gasteiger partial charge in [0.15, 0.2) is 6.61 Å². The molecule has 0 heterocycles. The van der Waals surface area contributed by atoms with E-state index in [1.807, 2.05) is 13.8 Å². The Bertz CT molecular complexity index is 466. The van der Waals surface area contributed by atoms with Crippen LogP contribution in [0.4, 0.5) is 4.39 Å². The molecule has 0 spiro atoms. The number of rotatable bonds is 6. The number of hydrogen-bond donors (Lipinski definition) is 1. The number of carbonyl (C=O) groups excluding carboxylic acids is 1. The van der Waals surface area contributed by atoms with Crippen molar-refractivity contribution in [1.82, 2.24) is 4.90 Å². The van der Waals surface area contributed by atoms with Crippen molar-refractivity contribution in [3.63, 3.8) is 0 Å². The van der Waals surface area contributed by atoms with Crippen molar-refractivity contribution in [2.75, 3.05) is 13.2 Å². The molecule has 0 radical (unpaired) electrons. The molecule has 0 saturated heterocycles. The van der Waals surface area contributed by atoms with Crippen molar-refractivity contribution in [3.8, 4) is 5.75 Å². The second kappa shape index (κ2) is 7.45. The van der Waals surface area contributed by atoms with Gasteiger partial charge < -0.3 is 14.7 Å². The predicted octanol–water partition coefficient (Wildman–Crippen LogP) is 2.48. The van der Waals surface area contributed by atoms with Crippen molar-refractivity contribution in [1.29, 1.82) is 0 Å². The highest BCUT2D eigenvalue weighted by molar-refractivity contribution is 6.30. The normalized spacial score (nSPS) is 12.3. The fourth-order valence-corrected chi connectivity index (χ4v) is 1.85. The molecule has 1 aromatic rings. The Balaban J connectivity index is 2.62. The van der Waals surface area contributed by atoms with E-state index in [-0.39, 0.29) is 30.1 Å². The van der Waals surface area contributed by atoms with Gasteiger partial charge in [-0.05, 0) is 32.9 Å². The van der Waals surface area contributed by atoms with Crippen LogP contribution in [0, 0.1) is 5.82 Å². The summed E-state index contributed by atoms with van der Waals surface area (Å²) in [5.41, 5.74) is 0. The zero-order valence-electron chi connectivity index (χ0n) is 11.8. The monoisotopic (exact) mass is 303 g/mol. The Labute approximate surface area is 123 Å². The summed E-state index contributed by atoms with van der Waals surface area (Å²) in [5.74, 6) is -0.463. The van der Waals surface area contributed by atoms with Gasteiger partial charge in [-0.3, -0.25) is 4.79 Å². The number of hydrogen-bond acceptors (Lipinski definition) is 3. The van der Waals surface area contributed by atoms with Gasteiger partial charge in [0.05, 0.1) is 11.1 Å². The molecule has 0 aliphatic rings. The molecule has 4 nitrogen and oxygen atoms in total. The Morgan fingerprint density at radius 2 is 2.10 bits per heavy atom. The Morgan fingerprint density at radius 3 is 2.60 bits per heavy atom. The number of aliphatic hydroxyl groups is 1. The van der Waals surface area contributed by atoms with Gasteiger partial charge in [-0.25, -0.2) is 4.39 Å². The second-order valence-corrected chi connectivity index (χ2v) is 5.26. The van der Waals surface area contributed by atoms with Crippen LogP contribution >= 0.6 is 11.6 Å². The minimum atomic E-state index is -0.610. The van der Waals surface area contributed by atoms with E-state index in [2.05, 4.69) is 0 Å². The van der Waals surface area contributed by atoms with Gasteiger partial charge in [-0.15, -0.1) is 0 Å². The molecular formula is C14H19ClFNO3. The van der Waals surface area contributed by atoms with E-state index in [0.29, 0.717) is 5.75 Å². The number of ether oxygens (including phenoxy) is 1. The zero-order chi connectivity index (χ0) is 15.3. The van der Waals surface area contributed by atoms with Crippen LogP contribution in [0.15, 0.2) is 18.2 Å². The van der Waals surface area contributed by atoms with Crippen molar-refractivity contribution in [2.45, 2.75) is 32.9 Å². The topological polar surface area (TPSA) is 49.8 Å². The average Bonchev–Trinajstić information content (AvgIpc) is 2.36. The molecule has 1 N–H and O–H groups in total. The third-order valence-corrected chi connectivity index (χ3v) is 2.95. The molecule has 1 amide bonds. The lowest BCUT2D eigenvalue weighted by molar-refractivity contribution is -0.136. The number of nitrogens with zero attached hydrogens (tertiary/aromatic N) is 1. The number of amides is 1. The molecule has 0 aromatic heterocycles. The molecular weight excluding hydrogens is 285 g/mol. The maximum atomic E-state index is 13.0. The largest absolute Gasteiger partial charge is 0.484 e. The summed E-state index contributed by atoms with van der Waals surface area (Å²) in [6.45, 7) is 5.38. The first-order valence-electron chi connectivity index (χ1n) is 6.36. The van der Waals surface area contributed by atoms with Gasteiger partial charge in [0.2, 0.25) is 0 Å². The number of carbonyl (C=O) groups is 1. The van der Waals surface area contributed by atoms with Crippen LogP contribution in [0.1, 0.15) is 20.8 Å². The van der Waals surface area contributed by atoms with Gasteiger partial charge in [-0.2, -0.15) is 0 Å². The number of aliphatic hydroxyl groups excluding tert-OH is 1. The lowest BCUT2D eigenvalue weighted by atomic mass is 10.2. The maximum absolute atomic E-state index is 13.0. The predicted molar refractivity (Wildman–Crippen MR) is 75.4 cm³/mol. The van der Waals surface area contributed by atoms with Crippen molar-refractivity contribution in [3.05, 3.63) is 29.0 Å². The maximum Gasteiger partial charge on any atom is 0.260 e. The molecule has 112 valence electrons. The first-order chi connectivity index (χ1) is 9.31. The summed E-state index contributed by atoms with van der Waals surface area (Å²) in [5, 5.41) is 9.32. The van der Waals surface area contributed by atoms with Crippen LogP contribution < -0.4 is 4.74 Å². The van der Waals surface area contributed by atoms with Crippen molar-refractivity contribution < 1.29 is 19.0 Å². The lowest BCUT2D eigenvalue weighted by Crippen LogP contribution is -2.43. The molecule has 1 unspecified atom stereocenters. The van der Waals surface area contributed by atoms with E-state index in [9.17, 15) is 14.3 Å². The standard InChI is InChI=1S/C14H19ClFNO3/c1-9(2)17(7-10(3)18)14(19)8-20-11-4-5-13(16)12(15)6-11/h4-6,9-10,18H,7-8H2,1-3H3. The summed E-state index contributed by atoms with van der Waals surface area (Å²) in [7, 11) is 0. The Morgan fingerprint density at radius 1 is 1.45 bits per heavy atom. The van der Waals surface area contributed by atoms with Gasteiger partial charge in [-0.1, -0.05) is 11.6 Å². The highest BCUT2D eigenvalue weighted by Gasteiger charge is 2.19. The Kier molecular flexibility index (Phi) is 6.23. The van der Waals surface area contributed by atoms with Crippen molar-refractivity contribution >= 4 is 17.5 Å². The summed E-state index contributed by atoms with van der Waals surface area (Å²) in [6, 6.07) is 3.86. The summed E-state index contributed by atoms with van der Waals surface area (Å²) in [6.07, 6.45) is -0.610. The minimum absolute atomic E-state index is 0.0440. The summed E-state index contributed by atoms with van der Waals surface area (Å²) < 4.78 is 18.3. The highest BCUT2D eigenvalue weighted by Crippen LogP contribution is 2.21. The highest BCUT2D eigenvalue weighted by atomic mass is 35.5. The fourth-order valence-electron chi connectivity index (χ4n) is 1.68. The molecule has 0 aliphatic heterocycles. The quantitative estimate of drug-likeness (QED) is 0.878. The molecule has 6 heteroatoms. The third-order valence-electron chi connectivity index (χ3n) is 2.66. The molecule has 0 saturated carbocycles. The second-order valence-electron chi connectivity index (χ2n) is 4.85. The van der Waals surface area contributed by atoms with Gasteiger partial charge in [0.25, 0.3) is 5.91 Å². The van der Waals surface area contributed by atoms with E-state index in [4.69, 9.17) is 16.3 Å². The average molecular weight is 304 g/mol. The van der Waals surface area contributed by atoms with Crippen LogP contribution in [0.5, 0.6) is 5.75 Å². The van der Waals surface area contributed by atoms with Crippen LogP contribution in [-0.2, 0) is 4.79 Å². The first-order valence-corrected chi connectivity index (χ1v) is 6.74. The molecule has 20 heavy (non-hydrogen) atoms. The molecule has 1 aromatic carbocycles. The molecule has 0 fully saturated rings. The van der Waals surface area contributed by atoms with Crippen LogP contribution in [0.2, 0.25) is 5.02 Å². The third kappa shape index (κ3) is 4.98. The molecule has 1 rings (SSSR count). The van der Waals surface area contributed by atoms with E-state index >= 15 is 0 Å². The number of benzene rings is 1. The fraction of sp³-hybridized carbons (Fsp3) is 0.500. The van der Waals surface area contributed by atoms with Crippen LogP contribution in [0.25, 0.3) is 0 Å². The van der Waals surface area contributed by atoms with Crippen molar-refractivity contribution in [2.24, 2.45) is 0 Å². The molecule has 1 atom stereocenters. The lowest BCUT2D eigenvalue weighted by Gasteiger charge is -2.27. The zero-order valence-corrected chi connectivity index (χ0v) is 12.5. The van der Waals surface area contributed by atoms with Gasteiger partial charge in [0, 0.05) is 18.7 Å². The minimum Gasteiger partial charge on any atom is -0.484 e. The summed E-state index contributed by atoms with van der Waals surface area (Å²) in [4.78, 5) is 13.6. The molecule has 0 bridgehead atoms. The van der Waals surface area contributed by atoms with Crippen LogP contribution in [-0.4, -0.2) is 41.2 Å². The smallest absolute Gasteiger partial charge is 0.260 e. The van der Waals surface area contributed by atoms with Gasteiger partial charge >= 0.3 is 0 Å².